The van der Waals surface area contributed by atoms with Crippen molar-refractivity contribution in [2.75, 3.05) is 6.61 Å². The van der Waals surface area contributed by atoms with Crippen LogP contribution in [0, 0.1) is 0 Å². The predicted molar refractivity (Wildman–Crippen MR) is 48.7 cm³/mol. The quantitative estimate of drug-likeness (QED) is 0.531. The lowest BCUT2D eigenvalue weighted by molar-refractivity contribution is -0.191. The van der Waals surface area contributed by atoms with Crippen LogP contribution in [0.5, 0.6) is 0 Å². The van der Waals surface area contributed by atoms with Crippen LogP contribution in [0.1, 0.15) is 11.9 Å². The zero-order chi connectivity index (χ0) is 10.8. The summed E-state index contributed by atoms with van der Waals surface area (Å²) in [5.41, 5.74) is 0. The first-order valence-electron chi connectivity index (χ1n) is 4.63. The number of aliphatic hydroxyl groups excluding tert-OH is 3. The maximum absolute atomic E-state index is 9.65. The molecule has 4 atom stereocenters. The minimum atomic E-state index is -1.23. The summed E-state index contributed by atoms with van der Waals surface area (Å²) in [6.07, 6.45) is -1.25. The van der Waals surface area contributed by atoms with Crippen molar-refractivity contribution in [3.63, 3.8) is 0 Å². The van der Waals surface area contributed by atoms with E-state index in [1.807, 2.05) is 0 Å². The van der Waals surface area contributed by atoms with Gasteiger partial charge in [0.05, 0.1) is 6.61 Å². The molecular formula is C9H12N2O4. The first-order chi connectivity index (χ1) is 7.20. The van der Waals surface area contributed by atoms with E-state index < -0.39 is 24.4 Å². The highest BCUT2D eigenvalue weighted by atomic mass is 16.5. The third kappa shape index (κ3) is 1.98. The van der Waals surface area contributed by atoms with E-state index in [0.29, 0.717) is 5.82 Å². The Morgan fingerprint density at radius 1 is 1.13 bits per heavy atom. The van der Waals surface area contributed by atoms with Gasteiger partial charge in [-0.25, -0.2) is 9.97 Å². The molecule has 15 heavy (non-hydrogen) atoms. The molecule has 0 radical (unpaired) electrons. The van der Waals surface area contributed by atoms with Gasteiger partial charge >= 0.3 is 0 Å². The minimum absolute atomic E-state index is 0.0405. The Labute approximate surface area is 86.2 Å². The Balaban J connectivity index is 2.17. The van der Waals surface area contributed by atoms with Crippen molar-refractivity contribution in [3.05, 3.63) is 24.3 Å². The van der Waals surface area contributed by atoms with Crippen LogP contribution in [0.3, 0.4) is 0 Å². The minimum Gasteiger partial charge on any atom is -0.388 e. The number of aliphatic hydroxyl groups is 3. The SMILES string of the molecule is O[C@@H]1[C@H](O)COC(c2ncccn2)[C@H]1O. The molecule has 0 bridgehead atoms. The Kier molecular flexibility index (Phi) is 2.92. The maximum Gasteiger partial charge on any atom is 0.159 e. The van der Waals surface area contributed by atoms with Crippen LogP contribution in [0.2, 0.25) is 0 Å². The molecule has 1 saturated heterocycles. The normalized spacial score (nSPS) is 36.5. The molecule has 0 spiro atoms. The number of aromatic nitrogens is 2. The van der Waals surface area contributed by atoms with E-state index in [-0.39, 0.29) is 6.61 Å². The number of ether oxygens (including phenoxy) is 1. The molecule has 0 saturated carbocycles. The molecule has 0 aromatic carbocycles. The molecule has 3 N–H and O–H groups in total. The van der Waals surface area contributed by atoms with E-state index in [9.17, 15) is 15.3 Å². The Morgan fingerprint density at radius 3 is 2.47 bits per heavy atom. The van der Waals surface area contributed by atoms with Crippen molar-refractivity contribution < 1.29 is 20.1 Å². The van der Waals surface area contributed by atoms with Gasteiger partial charge in [0.15, 0.2) is 5.82 Å². The highest BCUT2D eigenvalue weighted by Gasteiger charge is 2.39. The van der Waals surface area contributed by atoms with Crippen LogP contribution in [-0.4, -0.2) is 50.2 Å². The first-order valence-corrected chi connectivity index (χ1v) is 4.63. The monoisotopic (exact) mass is 212 g/mol. The van der Waals surface area contributed by atoms with Crippen molar-refractivity contribution in [1.82, 2.24) is 9.97 Å². The second-order valence-corrected chi connectivity index (χ2v) is 3.41. The van der Waals surface area contributed by atoms with Crippen LogP contribution in [-0.2, 0) is 4.74 Å². The zero-order valence-corrected chi connectivity index (χ0v) is 7.89. The van der Waals surface area contributed by atoms with Gasteiger partial charge in [0.2, 0.25) is 0 Å². The van der Waals surface area contributed by atoms with Gasteiger partial charge in [-0.3, -0.25) is 0 Å². The van der Waals surface area contributed by atoms with Gasteiger partial charge < -0.3 is 20.1 Å². The summed E-state index contributed by atoms with van der Waals surface area (Å²) in [5.74, 6) is 0.302. The molecule has 1 aromatic rings. The van der Waals surface area contributed by atoms with E-state index in [1.165, 1.54) is 12.4 Å². The van der Waals surface area contributed by atoms with E-state index in [2.05, 4.69) is 9.97 Å². The van der Waals surface area contributed by atoms with Crippen LogP contribution in [0.4, 0.5) is 0 Å². The average Bonchev–Trinajstić information content (AvgIpc) is 2.27. The second-order valence-electron chi connectivity index (χ2n) is 3.41. The van der Waals surface area contributed by atoms with Crippen molar-refractivity contribution in [1.29, 1.82) is 0 Å². The van der Waals surface area contributed by atoms with Crippen molar-refractivity contribution in [2.45, 2.75) is 24.4 Å². The topological polar surface area (TPSA) is 95.7 Å². The van der Waals surface area contributed by atoms with E-state index in [0.717, 1.165) is 0 Å². The van der Waals surface area contributed by atoms with Crippen LogP contribution in [0.25, 0.3) is 0 Å². The van der Waals surface area contributed by atoms with Gasteiger partial charge in [-0.15, -0.1) is 0 Å². The van der Waals surface area contributed by atoms with Crippen LogP contribution < -0.4 is 0 Å². The fourth-order valence-electron chi connectivity index (χ4n) is 1.49. The summed E-state index contributed by atoms with van der Waals surface area (Å²) in [6, 6.07) is 1.64. The lowest BCUT2D eigenvalue weighted by Crippen LogP contribution is -2.49. The third-order valence-corrected chi connectivity index (χ3v) is 2.34. The highest BCUT2D eigenvalue weighted by molar-refractivity contribution is 5.00. The van der Waals surface area contributed by atoms with Gasteiger partial charge in [0.25, 0.3) is 0 Å². The molecule has 6 nitrogen and oxygen atoms in total. The fraction of sp³-hybridized carbons (Fsp3) is 0.556. The van der Waals surface area contributed by atoms with Gasteiger partial charge in [0.1, 0.15) is 24.4 Å². The van der Waals surface area contributed by atoms with Gasteiger partial charge in [0, 0.05) is 12.4 Å². The van der Waals surface area contributed by atoms with Gasteiger partial charge in [-0.1, -0.05) is 0 Å². The second kappa shape index (κ2) is 4.19. The highest BCUT2D eigenvalue weighted by Crippen LogP contribution is 2.26. The summed E-state index contributed by atoms with van der Waals surface area (Å²) in [6.45, 7) is -0.0405. The summed E-state index contributed by atoms with van der Waals surface area (Å²) in [7, 11) is 0. The van der Waals surface area contributed by atoms with Crippen molar-refractivity contribution >= 4 is 0 Å². The summed E-state index contributed by atoms with van der Waals surface area (Å²) >= 11 is 0. The maximum atomic E-state index is 9.65. The fourth-order valence-corrected chi connectivity index (χ4v) is 1.49. The lowest BCUT2D eigenvalue weighted by atomic mass is 10.00. The molecule has 1 aliphatic heterocycles. The first kappa shape index (κ1) is 10.4. The molecule has 0 amide bonds. The van der Waals surface area contributed by atoms with Crippen molar-refractivity contribution in [3.8, 4) is 0 Å². The number of nitrogens with zero attached hydrogens (tertiary/aromatic N) is 2. The summed E-state index contributed by atoms with van der Waals surface area (Å²) in [4.78, 5) is 7.85. The molecule has 1 fully saturated rings. The number of rotatable bonds is 1. The zero-order valence-electron chi connectivity index (χ0n) is 7.89. The summed E-state index contributed by atoms with van der Waals surface area (Å²) < 4.78 is 5.17. The van der Waals surface area contributed by atoms with Crippen molar-refractivity contribution in [2.24, 2.45) is 0 Å². The molecular weight excluding hydrogens is 200 g/mol. The largest absolute Gasteiger partial charge is 0.388 e. The molecule has 1 unspecified atom stereocenters. The Hall–Kier alpha value is -1.08. The predicted octanol–water partition coefficient (Wildman–Crippen LogP) is -1.37. The molecule has 2 rings (SSSR count). The van der Waals surface area contributed by atoms with Crippen LogP contribution >= 0.6 is 0 Å². The van der Waals surface area contributed by atoms with E-state index >= 15 is 0 Å². The average molecular weight is 212 g/mol. The van der Waals surface area contributed by atoms with Gasteiger partial charge in [-0.2, -0.15) is 0 Å². The number of hydrogen-bond donors (Lipinski definition) is 3. The lowest BCUT2D eigenvalue weighted by Gasteiger charge is -2.34. The summed E-state index contributed by atoms with van der Waals surface area (Å²) in [5, 5.41) is 28.3. The molecule has 82 valence electrons. The Morgan fingerprint density at radius 2 is 1.80 bits per heavy atom. The van der Waals surface area contributed by atoms with Gasteiger partial charge in [-0.05, 0) is 6.07 Å². The van der Waals surface area contributed by atoms with Crippen LogP contribution in [0.15, 0.2) is 18.5 Å². The van der Waals surface area contributed by atoms with E-state index in [1.54, 1.807) is 6.07 Å². The van der Waals surface area contributed by atoms with E-state index in [4.69, 9.17) is 4.74 Å². The third-order valence-electron chi connectivity index (χ3n) is 2.34. The molecule has 0 aliphatic carbocycles. The number of hydrogen-bond acceptors (Lipinski definition) is 6. The molecule has 2 heterocycles. The molecule has 1 aromatic heterocycles. The smallest absolute Gasteiger partial charge is 0.159 e. The Bertz CT molecular complexity index is 321. The standard InChI is InChI=1S/C9H12N2O4/c12-5-4-15-8(7(14)6(5)13)9-10-2-1-3-11-9/h1-3,5-8,12-14H,4H2/t5-,6-,7+,8?/m1/s1. The molecule has 1 aliphatic rings. The molecule has 6 heteroatoms.